The molecule has 0 saturated carbocycles. The first-order valence-corrected chi connectivity index (χ1v) is 7.18. The molecule has 18 heavy (non-hydrogen) atoms. The minimum atomic E-state index is -5.29. The largest absolute Gasteiger partial charge is 0.384 e. The topological polar surface area (TPSA) is 110 Å². The van der Waals surface area contributed by atoms with Gasteiger partial charge in [-0.15, -0.1) is 7.77 Å². The van der Waals surface area contributed by atoms with E-state index in [1.54, 1.807) is 0 Å². The Balaban J connectivity index is 3.10. The monoisotopic (exact) mass is 296 g/mol. The summed E-state index contributed by atoms with van der Waals surface area (Å²) in [5, 5.41) is -0.625. The normalized spacial score (nSPS) is 13.0. The number of nitrogen functional groups attached to an aromatic ring is 1. The molecule has 0 atom stereocenters. The van der Waals surface area contributed by atoms with E-state index >= 15 is 0 Å². The third-order valence-electron chi connectivity index (χ3n) is 2.27. The number of benzene rings is 1. The van der Waals surface area contributed by atoms with E-state index in [0.29, 0.717) is 0 Å². The highest BCUT2D eigenvalue weighted by molar-refractivity contribution is 7.87. The standard InChI is InChI=1S/C8H6F2N2O4S2/c9-17(13,14)5-3-1-2-4-6(5)7(8(11)12-4)18(10,15)16/h1-3,12H,11H2. The van der Waals surface area contributed by atoms with E-state index in [1.165, 1.54) is 12.1 Å². The van der Waals surface area contributed by atoms with Crippen LogP contribution in [0.2, 0.25) is 0 Å². The van der Waals surface area contributed by atoms with E-state index in [2.05, 4.69) is 4.98 Å². The van der Waals surface area contributed by atoms with E-state index in [-0.39, 0.29) is 5.52 Å². The number of hydrogen-bond acceptors (Lipinski definition) is 5. The molecule has 2 rings (SSSR count). The summed E-state index contributed by atoms with van der Waals surface area (Å²) in [4.78, 5) is 0.244. The fraction of sp³-hybridized carbons (Fsp3) is 0. The van der Waals surface area contributed by atoms with Crippen molar-refractivity contribution in [2.45, 2.75) is 9.79 Å². The van der Waals surface area contributed by atoms with Crippen molar-refractivity contribution in [2.24, 2.45) is 0 Å². The molecule has 1 aromatic carbocycles. The van der Waals surface area contributed by atoms with Gasteiger partial charge in [0.1, 0.15) is 15.6 Å². The number of hydrogen-bond donors (Lipinski definition) is 2. The zero-order valence-electron chi connectivity index (χ0n) is 8.51. The van der Waals surface area contributed by atoms with Crippen LogP contribution in [0.15, 0.2) is 28.0 Å². The van der Waals surface area contributed by atoms with Crippen LogP contribution in [0.3, 0.4) is 0 Å². The minimum Gasteiger partial charge on any atom is -0.384 e. The molecule has 0 fully saturated rings. The number of fused-ring (bicyclic) bond motifs is 1. The van der Waals surface area contributed by atoms with Gasteiger partial charge in [0.15, 0.2) is 0 Å². The molecule has 0 radical (unpaired) electrons. The number of aromatic amines is 1. The number of aromatic nitrogens is 1. The first-order valence-electron chi connectivity index (χ1n) is 4.42. The summed E-state index contributed by atoms with van der Waals surface area (Å²) in [6.07, 6.45) is 0. The Morgan fingerprint density at radius 1 is 1.06 bits per heavy atom. The summed E-state index contributed by atoms with van der Waals surface area (Å²) in [6.45, 7) is 0. The fourth-order valence-electron chi connectivity index (χ4n) is 1.66. The predicted octanol–water partition coefficient (Wildman–Crippen LogP) is 1.07. The number of anilines is 1. The van der Waals surface area contributed by atoms with Gasteiger partial charge in [-0.1, -0.05) is 6.07 Å². The summed E-state index contributed by atoms with van der Waals surface area (Å²) in [6, 6.07) is 3.23. The van der Waals surface area contributed by atoms with Crippen molar-refractivity contribution in [1.82, 2.24) is 4.98 Å². The van der Waals surface area contributed by atoms with Crippen LogP contribution in [-0.4, -0.2) is 21.8 Å². The van der Waals surface area contributed by atoms with Crippen LogP contribution in [0.25, 0.3) is 10.9 Å². The van der Waals surface area contributed by atoms with Crippen LogP contribution in [0.5, 0.6) is 0 Å². The zero-order valence-corrected chi connectivity index (χ0v) is 10.1. The molecule has 98 valence electrons. The van der Waals surface area contributed by atoms with Gasteiger partial charge in [-0.3, -0.25) is 0 Å². The van der Waals surface area contributed by atoms with Gasteiger partial charge in [0, 0.05) is 10.9 Å². The average Bonchev–Trinajstić information content (AvgIpc) is 2.50. The summed E-state index contributed by atoms with van der Waals surface area (Å²) < 4.78 is 69.7. The third-order valence-corrected chi connectivity index (χ3v) is 4.05. The van der Waals surface area contributed by atoms with Crippen molar-refractivity contribution in [3.05, 3.63) is 18.2 Å². The highest BCUT2D eigenvalue weighted by Gasteiger charge is 2.28. The van der Waals surface area contributed by atoms with E-state index < -0.39 is 41.4 Å². The number of rotatable bonds is 2. The van der Waals surface area contributed by atoms with Crippen molar-refractivity contribution >= 4 is 37.2 Å². The van der Waals surface area contributed by atoms with Crippen LogP contribution in [0.1, 0.15) is 0 Å². The van der Waals surface area contributed by atoms with Gasteiger partial charge in [0.2, 0.25) is 0 Å². The van der Waals surface area contributed by atoms with Crippen molar-refractivity contribution in [3.8, 4) is 0 Å². The van der Waals surface area contributed by atoms with Crippen LogP contribution < -0.4 is 5.73 Å². The quantitative estimate of drug-likeness (QED) is 0.805. The van der Waals surface area contributed by atoms with Gasteiger partial charge in [-0.05, 0) is 12.1 Å². The maximum atomic E-state index is 13.1. The molecule has 1 aromatic heterocycles. The molecule has 0 aliphatic heterocycles. The first-order chi connectivity index (χ1) is 8.12. The third kappa shape index (κ3) is 1.93. The first kappa shape index (κ1) is 12.8. The van der Waals surface area contributed by atoms with Gasteiger partial charge in [0.05, 0.1) is 0 Å². The molecule has 0 aliphatic carbocycles. The van der Waals surface area contributed by atoms with Crippen molar-refractivity contribution in [3.63, 3.8) is 0 Å². The summed E-state index contributed by atoms with van der Waals surface area (Å²) in [5.74, 6) is -0.594. The van der Waals surface area contributed by atoms with Crippen LogP contribution in [0, 0.1) is 0 Å². The molecule has 0 aliphatic rings. The van der Waals surface area contributed by atoms with Gasteiger partial charge < -0.3 is 10.7 Å². The molecule has 0 unspecified atom stereocenters. The lowest BCUT2D eigenvalue weighted by Crippen LogP contribution is -1.99. The number of nitrogens with one attached hydrogen (secondary N) is 1. The molecule has 0 spiro atoms. The van der Waals surface area contributed by atoms with E-state index in [4.69, 9.17) is 5.73 Å². The van der Waals surface area contributed by atoms with Crippen LogP contribution in [-0.2, 0) is 20.4 Å². The lowest BCUT2D eigenvalue weighted by molar-refractivity contribution is 0.553. The van der Waals surface area contributed by atoms with Crippen molar-refractivity contribution in [1.29, 1.82) is 0 Å². The second-order valence-corrected chi connectivity index (χ2v) is 6.02. The molecule has 2 aromatic rings. The predicted molar refractivity (Wildman–Crippen MR) is 59.3 cm³/mol. The van der Waals surface area contributed by atoms with Crippen LogP contribution >= 0.6 is 0 Å². The Bertz CT molecular complexity index is 839. The molecule has 10 heteroatoms. The molecule has 1 heterocycles. The van der Waals surface area contributed by atoms with Gasteiger partial charge >= 0.3 is 20.4 Å². The maximum Gasteiger partial charge on any atom is 0.336 e. The maximum absolute atomic E-state index is 13.1. The SMILES string of the molecule is Nc1[nH]c2cccc(S(=O)(=O)F)c2c1S(=O)(=O)F. The smallest absolute Gasteiger partial charge is 0.336 e. The second kappa shape index (κ2) is 3.65. The average molecular weight is 296 g/mol. The summed E-state index contributed by atoms with van der Waals surface area (Å²) in [7, 11) is -10.5. The number of halogens is 2. The molecular weight excluding hydrogens is 290 g/mol. The molecule has 0 amide bonds. The molecule has 6 nitrogen and oxygen atoms in total. The minimum absolute atomic E-state index is 0.0950. The second-order valence-electron chi connectivity index (χ2n) is 3.42. The Labute approximate surface area is 101 Å². The molecule has 3 N–H and O–H groups in total. The molecule has 0 bridgehead atoms. The highest BCUT2D eigenvalue weighted by atomic mass is 32.3. The van der Waals surface area contributed by atoms with E-state index in [1.807, 2.05) is 0 Å². The summed E-state index contributed by atoms with van der Waals surface area (Å²) in [5.41, 5.74) is 5.16. The van der Waals surface area contributed by atoms with Gasteiger partial charge in [-0.2, -0.15) is 16.8 Å². The fourth-order valence-corrected chi connectivity index (χ4v) is 3.20. The van der Waals surface area contributed by atoms with Gasteiger partial charge in [0.25, 0.3) is 0 Å². The Morgan fingerprint density at radius 3 is 2.17 bits per heavy atom. The van der Waals surface area contributed by atoms with E-state index in [0.717, 1.165) is 6.07 Å². The Morgan fingerprint density at radius 2 is 1.67 bits per heavy atom. The Hall–Kier alpha value is -1.68. The Kier molecular flexibility index (Phi) is 2.59. The number of H-pyrrole nitrogens is 1. The van der Waals surface area contributed by atoms with Crippen LogP contribution in [0.4, 0.5) is 13.6 Å². The van der Waals surface area contributed by atoms with Crippen molar-refractivity contribution in [2.75, 3.05) is 5.73 Å². The van der Waals surface area contributed by atoms with Gasteiger partial charge in [-0.25, -0.2) is 0 Å². The number of nitrogens with two attached hydrogens (primary N) is 1. The van der Waals surface area contributed by atoms with E-state index in [9.17, 15) is 24.6 Å². The zero-order chi connectivity index (χ0) is 13.7. The lowest BCUT2D eigenvalue weighted by Gasteiger charge is -1.99. The molecule has 0 saturated heterocycles. The summed E-state index contributed by atoms with van der Waals surface area (Å²) >= 11 is 0. The lowest BCUT2D eigenvalue weighted by atomic mass is 10.2. The molecular formula is C8H6F2N2O4S2. The highest BCUT2D eigenvalue weighted by Crippen LogP contribution is 2.35. The van der Waals surface area contributed by atoms with Crippen molar-refractivity contribution < 1.29 is 24.6 Å².